The summed E-state index contributed by atoms with van der Waals surface area (Å²) in [4.78, 5) is 0.0459. The SMILES string of the molecule is COCC(C)NS(=O)(=O)c1ccc(NS(=O)(=O)c2cccs2)cc1. The molecule has 0 aliphatic rings. The van der Waals surface area contributed by atoms with E-state index in [0.717, 1.165) is 11.3 Å². The van der Waals surface area contributed by atoms with Crippen molar-refractivity contribution in [3.8, 4) is 0 Å². The molecule has 0 saturated heterocycles. The van der Waals surface area contributed by atoms with Crippen LogP contribution in [0.15, 0.2) is 50.9 Å². The number of ether oxygens (including phenoxy) is 1. The number of nitrogens with one attached hydrogen (secondary N) is 2. The van der Waals surface area contributed by atoms with Crippen molar-refractivity contribution in [2.24, 2.45) is 0 Å². The lowest BCUT2D eigenvalue weighted by molar-refractivity contribution is 0.180. The molecule has 2 rings (SSSR count). The number of benzene rings is 1. The maximum Gasteiger partial charge on any atom is 0.271 e. The first kappa shape index (κ1) is 18.9. The smallest absolute Gasteiger partial charge is 0.271 e. The van der Waals surface area contributed by atoms with Crippen molar-refractivity contribution in [2.45, 2.75) is 22.1 Å². The Morgan fingerprint density at radius 2 is 1.75 bits per heavy atom. The van der Waals surface area contributed by atoms with Crippen molar-refractivity contribution in [1.29, 1.82) is 0 Å². The van der Waals surface area contributed by atoms with Crippen LogP contribution in [0.5, 0.6) is 0 Å². The summed E-state index contributed by atoms with van der Waals surface area (Å²) in [5.74, 6) is 0. The predicted molar refractivity (Wildman–Crippen MR) is 93.2 cm³/mol. The molecule has 1 unspecified atom stereocenters. The standard InChI is InChI=1S/C14H18N2O5S3/c1-11(10-21-2)15-23(17,18)13-7-5-12(6-8-13)16-24(19,20)14-4-3-9-22-14/h3-9,11,15-16H,10H2,1-2H3. The molecule has 0 fully saturated rings. The van der Waals surface area contributed by atoms with Crippen LogP contribution in [0.3, 0.4) is 0 Å². The molecule has 1 heterocycles. The van der Waals surface area contributed by atoms with Crippen molar-refractivity contribution < 1.29 is 21.6 Å². The van der Waals surface area contributed by atoms with E-state index in [-0.39, 0.29) is 27.4 Å². The van der Waals surface area contributed by atoms with Gasteiger partial charge in [-0.2, -0.15) is 0 Å². The zero-order valence-electron chi connectivity index (χ0n) is 13.1. The van der Waals surface area contributed by atoms with Crippen LogP contribution in [0.25, 0.3) is 0 Å². The van der Waals surface area contributed by atoms with Crippen LogP contribution in [-0.2, 0) is 24.8 Å². The van der Waals surface area contributed by atoms with Gasteiger partial charge in [0.2, 0.25) is 10.0 Å². The molecule has 10 heteroatoms. The molecule has 132 valence electrons. The van der Waals surface area contributed by atoms with Gasteiger partial charge in [-0.15, -0.1) is 11.3 Å². The van der Waals surface area contributed by atoms with Gasteiger partial charge in [0.15, 0.2) is 0 Å². The number of hydrogen-bond acceptors (Lipinski definition) is 6. The van der Waals surface area contributed by atoms with E-state index in [9.17, 15) is 16.8 Å². The summed E-state index contributed by atoms with van der Waals surface area (Å²) in [6, 6.07) is 8.25. The maximum absolute atomic E-state index is 12.2. The largest absolute Gasteiger partial charge is 0.383 e. The van der Waals surface area contributed by atoms with E-state index in [1.54, 1.807) is 18.4 Å². The Morgan fingerprint density at radius 1 is 1.08 bits per heavy atom. The van der Waals surface area contributed by atoms with Crippen LogP contribution in [0.1, 0.15) is 6.92 Å². The molecule has 0 bridgehead atoms. The van der Waals surface area contributed by atoms with Crippen LogP contribution in [-0.4, -0.2) is 36.6 Å². The topological polar surface area (TPSA) is 102 Å². The van der Waals surface area contributed by atoms with Gasteiger partial charge < -0.3 is 4.74 Å². The number of thiophene rings is 1. The van der Waals surface area contributed by atoms with E-state index < -0.39 is 20.0 Å². The van der Waals surface area contributed by atoms with Gasteiger partial charge in [0.05, 0.1) is 11.5 Å². The highest BCUT2D eigenvalue weighted by Crippen LogP contribution is 2.21. The van der Waals surface area contributed by atoms with E-state index >= 15 is 0 Å². The average molecular weight is 391 g/mol. The zero-order chi connectivity index (χ0) is 17.8. The summed E-state index contributed by atoms with van der Waals surface area (Å²) in [6.45, 7) is 1.93. The van der Waals surface area contributed by atoms with Gasteiger partial charge in [-0.1, -0.05) is 6.07 Å². The van der Waals surface area contributed by atoms with Gasteiger partial charge >= 0.3 is 0 Å². The lowest BCUT2D eigenvalue weighted by Gasteiger charge is -2.13. The summed E-state index contributed by atoms with van der Waals surface area (Å²) in [5, 5.41) is 1.66. The highest BCUT2D eigenvalue weighted by atomic mass is 32.2. The molecule has 0 radical (unpaired) electrons. The van der Waals surface area contributed by atoms with E-state index in [2.05, 4.69) is 9.44 Å². The Kier molecular flexibility index (Phi) is 5.99. The van der Waals surface area contributed by atoms with Crippen LogP contribution in [0.2, 0.25) is 0 Å². The molecule has 0 aliphatic carbocycles. The van der Waals surface area contributed by atoms with Crippen LogP contribution < -0.4 is 9.44 Å². The minimum atomic E-state index is -3.69. The Labute approximate surface area is 145 Å². The molecule has 0 saturated carbocycles. The number of sulfonamides is 2. The summed E-state index contributed by atoms with van der Waals surface area (Å²) >= 11 is 1.10. The lowest BCUT2D eigenvalue weighted by Crippen LogP contribution is -2.35. The minimum absolute atomic E-state index is 0.0459. The molecule has 0 amide bonds. The third kappa shape index (κ3) is 4.77. The van der Waals surface area contributed by atoms with Crippen molar-refractivity contribution in [3.63, 3.8) is 0 Å². The molecule has 0 aliphatic heterocycles. The molecule has 24 heavy (non-hydrogen) atoms. The van der Waals surface area contributed by atoms with E-state index in [0.29, 0.717) is 0 Å². The molecule has 2 aromatic rings. The summed E-state index contributed by atoms with van der Waals surface area (Å²) in [6.07, 6.45) is 0. The van der Waals surface area contributed by atoms with Crippen molar-refractivity contribution in [3.05, 3.63) is 41.8 Å². The minimum Gasteiger partial charge on any atom is -0.383 e. The third-order valence-corrected chi connectivity index (χ3v) is 7.33. The Bertz CT molecular complexity index is 860. The quantitative estimate of drug-likeness (QED) is 0.716. The maximum atomic E-state index is 12.2. The summed E-state index contributed by atoms with van der Waals surface area (Å²) in [7, 11) is -5.86. The van der Waals surface area contributed by atoms with Crippen molar-refractivity contribution >= 4 is 37.1 Å². The van der Waals surface area contributed by atoms with Crippen LogP contribution in [0.4, 0.5) is 5.69 Å². The number of rotatable bonds is 8. The Morgan fingerprint density at radius 3 is 2.29 bits per heavy atom. The molecule has 7 nitrogen and oxygen atoms in total. The van der Waals surface area contributed by atoms with Gasteiger partial charge in [-0.3, -0.25) is 4.72 Å². The normalized spacial score (nSPS) is 13.6. The van der Waals surface area contributed by atoms with Crippen LogP contribution in [0, 0.1) is 0 Å². The molecule has 1 atom stereocenters. The average Bonchev–Trinajstić information content (AvgIpc) is 3.02. The van der Waals surface area contributed by atoms with Gasteiger partial charge in [-0.05, 0) is 42.6 Å². The van der Waals surface area contributed by atoms with E-state index in [1.807, 2.05) is 0 Å². The van der Waals surface area contributed by atoms with Gasteiger partial charge in [0.1, 0.15) is 4.21 Å². The molecule has 1 aromatic carbocycles. The Hall–Kier alpha value is -1.46. The van der Waals surface area contributed by atoms with E-state index in [4.69, 9.17) is 4.74 Å². The van der Waals surface area contributed by atoms with Crippen molar-refractivity contribution in [1.82, 2.24) is 4.72 Å². The fourth-order valence-corrected chi connectivity index (χ4v) is 5.22. The highest BCUT2D eigenvalue weighted by Gasteiger charge is 2.19. The van der Waals surface area contributed by atoms with Gasteiger partial charge in [0.25, 0.3) is 10.0 Å². The molecule has 0 spiro atoms. The number of methoxy groups -OCH3 is 1. The second kappa shape index (κ2) is 7.62. The third-order valence-electron chi connectivity index (χ3n) is 2.95. The monoisotopic (exact) mass is 390 g/mol. The summed E-state index contributed by atoms with van der Waals surface area (Å²) < 4.78 is 58.6. The first-order chi connectivity index (χ1) is 11.2. The van der Waals surface area contributed by atoms with Crippen molar-refractivity contribution in [2.75, 3.05) is 18.4 Å². The molecular weight excluding hydrogens is 372 g/mol. The predicted octanol–water partition coefficient (Wildman–Crippen LogP) is 1.86. The Balaban J connectivity index is 2.13. The van der Waals surface area contributed by atoms with Crippen LogP contribution >= 0.6 is 11.3 Å². The number of anilines is 1. The first-order valence-electron chi connectivity index (χ1n) is 6.92. The fourth-order valence-electron chi connectivity index (χ4n) is 1.94. The second-order valence-electron chi connectivity index (χ2n) is 5.04. The number of hydrogen-bond donors (Lipinski definition) is 2. The zero-order valence-corrected chi connectivity index (χ0v) is 15.5. The second-order valence-corrected chi connectivity index (χ2v) is 9.61. The lowest BCUT2D eigenvalue weighted by atomic mass is 10.3. The molecule has 1 aromatic heterocycles. The fraction of sp³-hybridized carbons (Fsp3) is 0.286. The summed E-state index contributed by atoms with van der Waals surface area (Å²) in [5.41, 5.74) is 0.285. The van der Waals surface area contributed by atoms with Gasteiger partial charge in [0, 0.05) is 18.8 Å². The molecule has 2 N–H and O–H groups in total. The first-order valence-corrected chi connectivity index (χ1v) is 10.8. The van der Waals surface area contributed by atoms with Gasteiger partial charge in [-0.25, -0.2) is 21.6 Å². The molecular formula is C14H18N2O5S3. The van der Waals surface area contributed by atoms with E-state index in [1.165, 1.54) is 37.4 Å². The highest BCUT2D eigenvalue weighted by molar-refractivity contribution is 7.94.